The van der Waals surface area contributed by atoms with E-state index in [-0.39, 0.29) is 0 Å². The molecule has 0 unspecified atom stereocenters. The van der Waals surface area contributed by atoms with Crippen molar-refractivity contribution in [1.82, 2.24) is 0 Å². The first kappa shape index (κ1) is 18.9. The Kier molecular flexibility index (Phi) is 5.35. The molecule has 0 N–H and O–H groups in total. The minimum Gasteiger partial charge on any atom is -0.0620 e. The molecule has 0 saturated carbocycles. The van der Waals surface area contributed by atoms with Gasteiger partial charge in [-0.3, -0.25) is 0 Å². The van der Waals surface area contributed by atoms with E-state index in [9.17, 15) is 0 Å². The maximum atomic E-state index is 2.37. The van der Waals surface area contributed by atoms with Gasteiger partial charge in [-0.25, -0.2) is 0 Å². The van der Waals surface area contributed by atoms with E-state index in [1.165, 1.54) is 54.9 Å². The van der Waals surface area contributed by atoms with Crippen LogP contribution < -0.4 is 15.9 Å². The van der Waals surface area contributed by atoms with Crippen molar-refractivity contribution in [2.75, 3.05) is 0 Å². The fraction of sp³-hybridized carbons (Fsp3) is 0.280. The normalized spacial score (nSPS) is 11.2. The molecule has 3 aromatic carbocycles. The molecule has 0 heterocycles. The van der Waals surface area contributed by atoms with Crippen LogP contribution in [0.25, 0.3) is 0 Å². The Balaban J connectivity index is 2.34. The lowest BCUT2D eigenvalue weighted by atomic mass is 10.0. The van der Waals surface area contributed by atoms with E-state index in [1.54, 1.807) is 0 Å². The van der Waals surface area contributed by atoms with Gasteiger partial charge in [0.15, 0.2) is 0 Å². The highest BCUT2D eigenvalue weighted by molar-refractivity contribution is 7.80. The fourth-order valence-electron chi connectivity index (χ4n) is 3.57. The van der Waals surface area contributed by atoms with Crippen molar-refractivity contribution in [3.8, 4) is 0 Å². The molecule has 134 valence electrons. The first-order valence-electron chi connectivity index (χ1n) is 9.32. The largest absolute Gasteiger partial charge is 0.0620 e. The van der Waals surface area contributed by atoms with Gasteiger partial charge in [-0.15, -0.1) is 0 Å². The lowest BCUT2D eigenvalue weighted by Crippen LogP contribution is -2.26. The molecule has 0 fully saturated rings. The molecule has 0 nitrogen and oxygen atoms in total. The Morgan fingerprint density at radius 3 is 1.35 bits per heavy atom. The molecule has 1 heteroatoms. The Morgan fingerprint density at radius 1 is 0.423 bits per heavy atom. The molecule has 0 atom stereocenters. The SMILES string of the molecule is Cc1ccccc1P(c1ccc(C)c(C)c1C)c1ccc(C)c(C)c1C. The molecule has 0 spiro atoms. The minimum absolute atomic E-state index is 0.566. The van der Waals surface area contributed by atoms with Gasteiger partial charge in [0.25, 0.3) is 0 Å². The Hall–Kier alpha value is -1.91. The number of hydrogen-bond donors (Lipinski definition) is 0. The Morgan fingerprint density at radius 2 is 0.885 bits per heavy atom. The van der Waals surface area contributed by atoms with Crippen LogP contribution >= 0.6 is 7.92 Å². The molecular weight excluding hydrogens is 331 g/mol. The van der Waals surface area contributed by atoms with Gasteiger partial charge in [0.2, 0.25) is 0 Å². The van der Waals surface area contributed by atoms with Crippen LogP contribution in [0.15, 0.2) is 48.5 Å². The average molecular weight is 360 g/mol. The summed E-state index contributed by atoms with van der Waals surface area (Å²) in [5.41, 5.74) is 9.86. The van der Waals surface area contributed by atoms with Gasteiger partial charge in [0, 0.05) is 0 Å². The van der Waals surface area contributed by atoms with E-state index in [0.717, 1.165) is 0 Å². The standard InChI is InChI=1S/C25H29P/c1-16-12-14-24(21(6)19(16)4)26(23-11-9-8-10-18(23)3)25-15-13-17(2)20(5)22(25)7/h8-15H,1-7H3. The summed E-state index contributed by atoms with van der Waals surface area (Å²) in [5.74, 6) is 0. The molecule has 0 radical (unpaired) electrons. The summed E-state index contributed by atoms with van der Waals surface area (Å²) in [6, 6.07) is 18.2. The van der Waals surface area contributed by atoms with Crippen LogP contribution in [0, 0.1) is 48.5 Å². The van der Waals surface area contributed by atoms with E-state index >= 15 is 0 Å². The zero-order chi connectivity index (χ0) is 19.0. The van der Waals surface area contributed by atoms with Crippen molar-refractivity contribution >= 4 is 23.8 Å². The van der Waals surface area contributed by atoms with E-state index in [4.69, 9.17) is 0 Å². The van der Waals surface area contributed by atoms with Crippen LogP contribution in [0.4, 0.5) is 0 Å². The van der Waals surface area contributed by atoms with Crippen molar-refractivity contribution in [3.63, 3.8) is 0 Å². The molecule has 0 bridgehead atoms. The highest BCUT2D eigenvalue weighted by Gasteiger charge is 2.23. The van der Waals surface area contributed by atoms with Crippen LogP contribution in [-0.4, -0.2) is 0 Å². The second-order valence-corrected chi connectivity index (χ2v) is 9.54. The van der Waals surface area contributed by atoms with Crippen molar-refractivity contribution < 1.29 is 0 Å². The summed E-state index contributed by atoms with van der Waals surface area (Å²) in [4.78, 5) is 0. The summed E-state index contributed by atoms with van der Waals surface area (Å²) < 4.78 is 0. The molecule has 0 aromatic heterocycles. The Labute approximate surface area is 160 Å². The van der Waals surface area contributed by atoms with Gasteiger partial charge >= 0.3 is 0 Å². The molecule has 26 heavy (non-hydrogen) atoms. The van der Waals surface area contributed by atoms with E-state index in [2.05, 4.69) is 97.0 Å². The molecular formula is C25H29P. The molecule has 3 aromatic rings. The van der Waals surface area contributed by atoms with Crippen LogP contribution in [0.1, 0.15) is 38.9 Å². The number of aryl methyl sites for hydroxylation is 3. The summed E-state index contributed by atoms with van der Waals surface area (Å²) >= 11 is 0. The van der Waals surface area contributed by atoms with Crippen molar-refractivity contribution in [3.05, 3.63) is 87.5 Å². The van der Waals surface area contributed by atoms with Crippen LogP contribution in [0.3, 0.4) is 0 Å². The summed E-state index contributed by atoms with van der Waals surface area (Å²) in [6.07, 6.45) is 0. The van der Waals surface area contributed by atoms with E-state index in [1.807, 2.05) is 0 Å². The zero-order valence-corrected chi connectivity index (χ0v) is 18.0. The maximum Gasteiger partial charge on any atom is -0.0119 e. The lowest BCUT2D eigenvalue weighted by Gasteiger charge is -2.26. The number of benzene rings is 3. The summed E-state index contributed by atoms with van der Waals surface area (Å²) in [7, 11) is -0.566. The van der Waals surface area contributed by atoms with Crippen LogP contribution in [0.2, 0.25) is 0 Å². The highest BCUT2D eigenvalue weighted by Crippen LogP contribution is 2.38. The smallest absolute Gasteiger partial charge is 0.0119 e. The molecule has 0 amide bonds. The number of rotatable bonds is 3. The van der Waals surface area contributed by atoms with Gasteiger partial charge in [-0.2, -0.15) is 0 Å². The third-order valence-electron chi connectivity index (χ3n) is 5.90. The second kappa shape index (κ2) is 7.37. The van der Waals surface area contributed by atoms with Gasteiger partial charge in [-0.05, 0) is 111 Å². The predicted octanol–water partition coefficient (Wildman–Crippen LogP) is 5.60. The first-order valence-corrected chi connectivity index (χ1v) is 10.7. The van der Waals surface area contributed by atoms with Crippen molar-refractivity contribution in [2.24, 2.45) is 0 Å². The minimum atomic E-state index is -0.566. The van der Waals surface area contributed by atoms with Gasteiger partial charge in [0.05, 0.1) is 0 Å². The highest BCUT2D eigenvalue weighted by atomic mass is 31.1. The van der Waals surface area contributed by atoms with Gasteiger partial charge < -0.3 is 0 Å². The zero-order valence-electron chi connectivity index (χ0n) is 17.1. The van der Waals surface area contributed by atoms with Crippen molar-refractivity contribution in [1.29, 1.82) is 0 Å². The van der Waals surface area contributed by atoms with Crippen molar-refractivity contribution in [2.45, 2.75) is 48.5 Å². The summed E-state index contributed by atoms with van der Waals surface area (Å²) in [5, 5.41) is 4.45. The first-order chi connectivity index (χ1) is 12.3. The average Bonchev–Trinajstić information content (AvgIpc) is 2.62. The van der Waals surface area contributed by atoms with E-state index in [0.29, 0.717) is 0 Å². The molecule has 0 aliphatic carbocycles. The van der Waals surface area contributed by atoms with Gasteiger partial charge in [0.1, 0.15) is 0 Å². The van der Waals surface area contributed by atoms with Crippen LogP contribution in [0.5, 0.6) is 0 Å². The monoisotopic (exact) mass is 360 g/mol. The third-order valence-corrected chi connectivity index (χ3v) is 8.81. The lowest BCUT2D eigenvalue weighted by molar-refractivity contribution is 1.28. The molecule has 3 rings (SSSR count). The third kappa shape index (κ3) is 3.24. The second-order valence-electron chi connectivity index (χ2n) is 7.43. The molecule has 0 aliphatic heterocycles. The number of hydrogen-bond acceptors (Lipinski definition) is 0. The Bertz CT molecular complexity index is 909. The molecule has 0 aliphatic rings. The molecule has 0 saturated heterocycles. The van der Waals surface area contributed by atoms with Crippen LogP contribution in [-0.2, 0) is 0 Å². The maximum absolute atomic E-state index is 2.37. The topological polar surface area (TPSA) is 0 Å². The predicted molar refractivity (Wildman–Crippen MR) is 118 cm³/mol. The fourth-order valence-corrected chi connectivity index (χ4v) is 6.47. The van der Waals surface area contributed by atoms with E-state index < -0.39 is 7.92 Å². The van der Waals surface area contributed by atoms with Gasteiger partial charge in [-0.1, -0.05) is 48.5 Å². The quantitative estimate of drug-likeness (QED) is 0.533. The summed E-state index contributed by atoms with van der Waals surface area (Å²) in [6.45, 7) is 15.8.